The standard InChI is InChI=1S/C32H50O5/c33-20-25-7-5-24(6-8-25)19-32(37)29-15-13-28(14-16-29)31(36)18-23-3-1-22(2-4-23)17-30(35)27-11-9-26(21-34)10-12-27/h21-29,33H,1-20H2. The van der Waals surface area contributed by atoms with E-state index in [4.69, 9.17) is 0 Å². The second-order valence-corrected chi connectivity index (χ2v) is 13.3. The van der Waals surface area contributed by atoms with Gasteiger partial charge in [0, 0.05) is 49.5 Å². The lowest BCUT2D eigenvalue weighted by Crippen LogP contribution is -2.29. The van der Waals surface area contributed by atoms with Crippen molar-refractivity contribution in [3.63, 3.8) is 0 Å². The van der Waals surface area contributed by atoms with Crippen LogP contribution in [-0.2, 0) is 19.2 Å². The second kappa shape index (κ2) is 14.1. The van der Waals surface area contributed by atoms with Crippen molar-refractivity contribution in [3.05, 3.63) is 0 Å². The lowest BCUT2D eigenvalue weighted by Gasteiger charge is -2.32. The number of ketones is 3. The van der Waals surface area contributed by atoms with E-state index in [0.717, 1.165) is 109 Å². The molecule has 0 heterocycles. The Kier molecular flexibility index (Phi) is 11.0. The molecule has 0 spiro atoms. The van der Waals surface area contributed by atoms with E-state index in [9.17, 15) is 24.3 Å². The van der Waals surface area contributed by atoms with Crippen molar-refractivity contribution in [2.45, 2.75) is 122 Å². The van der Waals surface area contributed by atoms with E-state index in [1.165, 1.54) is 0 Å². The van der Waals surface area contributed by atoms with Crippen molar-refractivity contribution in [2.24, 2.45) is 47.3 Å². The normalized spacial score (nSPS) is 37.0. The first-order valence-corrected chi connectivity index (χ1v) is 15.6. The van der Waals surface area contributed by atoms with E-state index >= 15 is 0 Å². The summed E-state index contributed by atoms with van der Waals surface area (Å²) in [5.74, 6) is 3.75. The van der Waals surface area contributed by atoms with Gasteiger partial charge in [-0.15, -0.1) is 0 Å². The molecule has 4 fully saturated rings. The number of aliphatic hydroxyl groups excluding tert-OH is 1. The van der Waals surface area contributed by atoms with Crippen LogP contribution in [0.1, 0.15) is 122 Å². The lowest BCUT2D eigenvalue weighted by molar-refractivity contribution is -0.129. The van der Waals surface area contributed by atoms with Gasteiger partial charge in [-0.3, -0.25) is 14.4 Å². The fraction of sp³-hybridized carbons (Fsp3) is 0.875. The Morgan fingerprint density at radius 3 is 1.08 bits per heavy atom. The molecule has 0 amide bonds. The maximum absolute atomic E-state index is 13.1. The summed E-state index contributed by atoms with van der Waals surface area (Å²) >= 11 is 0. The summed E-state index contributed by atoms with van der Waals surface area (Å²) < 4.78 is 0. The van der Waals surface area contributed by atoms with Crippen LogP contribution in [0.3, 0.4) is 0 Å². The third-order valence-electron chi connectivity index (χ3n) is 10.7. The summed E-state index contributed by atoms with van der Waals surface area (Å²) in [6.45, 7) is 0.283. The first-order chi connectivity index (χ1) is 17.9. The fourth-order valence-corrected chi connectivity index (χ4v) is 7.93. The molecule has 0 aliphatic heterocycles. The molecule has 37 heavy (non-hydrogen) atoms. The highest BCUT2D eigenvalue weighted by atomic mass is 16.3. The molecule has 0 aromatic heterocycles. The van der Waals surface area contributed by atoms with Crippen LogP contribution in [0, 0.1) is 47.3 Å². The molecule has 0 unspecified atom stereocenters. The van der Waals surface area contributed by atoms with Crippen molar-refractivity contribution in [3.8, 4) is 0 Å². The molecule has 0 aromatic rings. The van der Waals surface area contributed by atoms with Crippen LogP contribution in [0.5, 0.6) is 0 Å². The van der Waals surface area contributed by atoms with Gasteiger partial charge in [-0.25, -0.2) is 0 Å². The minimum Gasteiger partial charge on any atom is -0.396 e. The van der Waals surface area contributed by atoms with Gasteiger partial charge in [-0.05, 0) is 126 Å². The van der Waals surface area contributed by atoms with Gasteiger partial charge in [0.1, 0.15) is 23.6 Å². The Balaban J connectivity index is 1.10. The predicted octanol–water partition coefficient (Wildman–Crippen LogP) is 6.28. The molecule has 0 atom stereocenters. The second-order valence-electron chi connectivity index (χ2n) is 13.3. The largest absolute Gasteiger partial charge is 0.396 e. The zero-order valence-electron chi connectivity index (χ0n) is 22.9. The minimum absolute atomic E-state index is 0.143. The zero-order chi connectivity index (χ0) is 26.2. The van der Waals surface area contributed by atoms with Gasteiger partial charge in [-0.1, -0.05) is 0 Å². The van der Waals surface area contributed by atoms with Gasteiger partial charge < -0.3 is 9.90 Å². The number of carbonyl (C=O) groups is 4. The first-order valence-electron chi connectivity index (χ1n) is 15.6. The highest BCUT2D eigenvalue weighted by Crippen LogP contribution is 2.39. The molecule has 4 rings (SSSR count). The van der Waals surface area contributed by atoms with E-state index in [1.807, 2.05) is 0 Å². The number of Topliss-reactive ketones (excluding diaryl/α,β-unsaturated/α-hetero) is 3. The van der Waals surface area contributed by atoms with Crippen LogP contribution >= 0.6 is 0 Å². The van der Waals surface area contributed by atoms with Gasteiger partial charge >= 0.3 is 0 Å². The van der Waals surface area contributed by atoms with Crippen LogP contribution in [0.4, 0.5) is 0 Å². The molecule has 0 bridgehead atoms. The van der Waals surface area contributed by atoms with Crippen molar-refractivity contribution in [2.75, 3.05) is 6.61 Å². The Labute approximate surface area is 223 Å². The van der Waals surface area contributed by atoms with E-state index in [-0.39, 0.29) is 30.3 Å². The molecule has 0 saturated heterocycles. The Morgan fingerprint density at radius 2 is 0.784 bits per heavy atom. The number of hydrogen-bond donors (Lipinski definition) is 1. The number of carbonyl (C=O) groups excluding carboxylic acids is 4. The molecule has 208 valence electrons. The Hall–Kier alpha value is -1.36. The van der Waals surface area contributed by atoms with Crippen molar-refractivity contribution >= 4 is 23.6 Å². The Morgan fingerprint density at radius 1 is 0.486 bits per heavy atom. The minimum atomic E-state index is 0.143. The molecule has 0 aromatic carbocycles. The molecule has 4 aliphatic carbocycles. The third kappa shape index (κ3) is 8.31. The molecular formula is C32H50O5. The van der Waals surface area contributed by atoms with Gasteiger partial charge in [0.05, 0.1) is 0 Å². The maximum Gasteiger partial charge on any atom is 0.136 e. The van der Waals surface area contributed by atoms with Crippen LogP contribution in [-0.4, -0.2) is 35.3 Å². The average Bonchev–Trinajstić information content (AvgIpc) is 2.94. The summed E-state index contributed by atoms with van der Waals surface area (Å²) in [4.78, 5) is 49.6. The van der Waals surface area contributed by atoms with Crippen LogP contribution < -0.4 is 0 Å². The highest BCUT2D eigenvalue weighted by molar-refractivity contribution is 5.84. The fourth-order valence-electron chi connectivity index (χ4n) is 7.93. The molecule has 0 radical (unpaired) electrons. The number of aliphatic hydroxyl groups is 1. The molecule has 1 N–H and O–H groups in total. The quantitative estimate of drug-likeness (QED) is 0.328. The van der Waals surface area contributed by atoms with Crippen molar-refractivity contribution in [1.29, 1.82) is 0 Å². The summed E-state index contributed by atoms with van der Waals surface area (Å²) in [6.07, 6.45) is 18.7. The molecule has 4 saturated carbocycles. The maximum atomic E-state index is 13.1. The summed E-state index contributed by atoms with van der Waals surface area (Å²) in [5, 5.41) is 9.32. The predicted molar refractivity (Wildman–Crippen MR) is 144 cm³/mol. The molecule has 5 nitrogen and oxygen atoms in total. The van der Waals surface area contributed by atoms with Gasteiger partial charge in [0.25, 0.3) is 0 Å². The van der Waals surface area contributed by atoms with E-state index < -0.39 is 0 Å². The average molecular weight is 515 g/mol. The van der Waals surface area contributed by atoms with Crippen LogP contribution in [0.15, 0.2) is 0 Å². The van der Waals surface area contributed by atoms with E-state index in [0.29, 0.717) is 60.3 Å². The van der Waals surface area contributed by atoms with Crippen LogP contribution in [0.2, 0.25) is 0 Å². The van der Waals surface area contributed by atoms with Gasteiger partial charge in [0.15, 0.2) is 0 Å². The third-order valence-corrected chi connectivity index (χ3v) is 10.7. The molecule has 5 heteroatoms. The summed E-state index contributed by atoms with van der Waals surface area (Å²) in [6, 6.07) is 0. The lowest BCUT2D eigenvalue weighted by atomic mass is 9.72. The van der Waals surface area contributed by atoms with E-state index in [2.05, 4.69) is 0 Å². The molecule has 4 aliphatic rings. The van der Waals surface area contributed by atoms with E-state index in [1.54, 1.807) is 0 Å². The van der Waals surface area contributed by atoms with Crippen molar-refractivity contribution in [1.82, 2.24) is 0 Å². The summed E-state index contributed by atoms with van der Waals surface area (Å²) in [7, 11) is 0. The highest BCUT2D eigenvalue weighted by Gasteiger charge is 2.34. The van der Waals surface area contributed by atoms with Crippen LogP contribution in [0.25, 0.3) is 0 Å². The van der Waals surface area contributed by atoms with Crippen molar-refractivity contribution < 1.29 is 24.3 Å². The topological polar surface area (TPSA) is 88.5 Å². The first kappa shape index (κ1) is 28.6. The SMILES string of the molecule is O=CC1CCC(C(=O)CC2CCC(CC(=O)C3CCC(C(=O)CC4CCC(CO)CC4)CC3)CC2)CC1. The number of rotatable bonds is 11. The monoisotopic (exact) mass is 514 g/mol. The summed E-state index contributed by atoms with van der Waals surface area (Å²) in [5.41, 5.74) is 0. The van der Waals surface area contributed by atoms with Gasteiger partial charge in [-0.2, -0.15) is 0 Å². The smallest absolute Gasteiger partial charge is 0.136 e. The molecular weight excluding hydrogens is 464 g/mol. The zero-order valence-corrected chi connectivity index (χ0v) is 22.9. The van der Waals surface area contributed by atoms with Gasteiger partial charge in [0.2, 0.25) is 0 Å². The number of hydrogen-bond acceptors (Lipinski definition) is 5. The Bertz CT molecular complexity index is 758. The number of aldehydes is 1.